The van der Waals surface area contributed by atoms with E-state index in [0.717, 1.165) is 17.7 Å². The van der Waals surface area contributed by atoms with Gasteiger partial charge in [-0.05, 0) is 12.8 Å². The highest BCUT2D eigenvalue weighted by atomic mass is 35.5. The molecule has 3 amide bonds. The van der Waals surface area contributed by atoms with Gasteiger partial charge >= 0.3 is 0 Å². The molecule has 3 aliphatic heterocycles. The molecule has 2 bridgehead atoms. The number of amides is 3. The number of ether oxygens (including phenoxy) is 1. The number of nitrogens with one attached hydrogen (secondary N) is 1. The minimum Gasteiger partial charge on any atom is -0.373 e. The Labute approximate surface area is 143 Å². The number of likely N-dealkylation sites (tertiary alicyclic amines) is 1. The standard InChI is InChI=1S/C14H19F2N3O4.ClH/c15-14(16,5-17)6-18-9(20)3-4-19-12(21)10-7-1-2-8(23-7)11(10)13(19)22;/h7-8,10-11H,1-6,17H2,(H,18,20);1H. The summed E-state index contributed by atoms with van der Waals surface area (Å²) >= 11 is 0. The molecule has 4 atom stereocenters. The van der Waals surface area contributed by atoms with E-state index < -0.39 is 36.8 Å². The van der Waals surface area contributed by atoms with Gasteiger partial charge in [0.1, 0.15) is 0 Å². The lowest BCUT2D eigenvalue weighted by Gasteiger charge is -2.18. The van der Waals surface area contributed by atoms with Crippen LogP contribution in [0.1, 0.15) is 19.3 Å². The van der Waals surface area contributed by atoms with Crippen LogP contribution in [0.25, 0.3) is 0 Å². The molecule has 3 fully saturated rings. The number of imide groups is 1. The molecule has 0 spiro atoms. The van der Waals surface area contributed by atoms with Gasteiger partial charge in [-0.3, -0.25) is 19.3 Å². The average molecular weight is 368 g/mol. The molecule has 3 rings (SSSR count). The van der Waals surface area contributed by atoms with Gasteiger partial charge in [-0.25, -0.2) is 8.78 Å². The molecule has 3 N–H and O–H groups in total. The zero-order valence-corrected chi connectivity index (χ0v) is 13.7. The molecule has 7 nitrogen and oxygen atoms in total. The van der Waals surface area contributed by atoms with Crippen molar-refractivity contribution in [3.8, 4) is 0 Å². The predicted molar refractivity (Wildman–Crippen MR) is 80.5 cm³/mol. The first-order valence-electron chi connectivity index (χ1n) is 7.69. The van der Waals surface area contributed by atoms with E-state index in [9.17, 15) is 23.2 Å². The van der Waals surface area contributed by atoms with Crippen LogP contribution in [0.5, 0.6) is 0 Å². The van der Waals surface area contributed by atoms with E-state index in [4.69, 9.17) is 10.5 Å². The maximum absolute atomic E-state index is 13.0. The zero-order valence-electron chi connectivity index (χ0n) is 12.9. The van der Waals surface area contributed by atoms with Crippen LogP contribution in [0.2, 0.25) is 0 Å². The van der Waals surface area contributed by atoms with E-state index in [1.54, 1.807) is 0 Å². The van der Waals surface area contributed by atoms with Crippen LogP contribution in [0.3, 0.4) is 0 Å². The van der Waals surface area contributed by atoms with Crippen LogP contribution < -0.4 is 11.1 Å². The minimum atomic E-state index is -3.16. The lowest BCUT2D eigenvalue weighted by Crippen LogP contribution is -2.43. The summed E-state index contributed by atoms with van der Waals surface area (Å²) in [5.41, 5.74) is 4.88. The highest BCUT2D eigenvalue weighted by molar-refractivity contribution is 6.06. The van der Waals surface area contributed by atoms with E-state index in [-0.39, 0.29) is 49.4 Å². The van der Waals surface area contributed by atoms with Crippen molar-refractivity contribution in [3.63, 3.8) is 0 Å². The average Bonchev–Trinajstić information content (AvgIpc) is 3.19. The first kappa shape index (κ1) is 19.0. The topological polar surface area (TPSA) is 102 Å². The van der Waals surface area contributed by atoms with E-state index in [1.165, 1.54) is 0 Å². The van der Waals surface area contributed by atoms with Gasteiger partial charge in [0.15, 0.2) is 0 Å². The van der Waals surface area contributed by atoms with E-state index >= 15 is 0 Å². The van der Waals surface area contributed by atoms with Gasteiger partial charge in [-0.15, -0.1) is 12.4 Å². The maximum atomic E-state index is 13.0. The Bertz CT molecular complexity index is 520. The number of alkyl halides is 2. The molecular formula is C14H20ClF2N3O4. The molecule has 4 unspecified atom stereocenters. The number of hydrogen-bond donors (Lipinski definition) is 2. The molecule has 0 aromatic heterocycles. The van der Waals surface area contributed by atoms with Gasteiger partial charge in [0.05, 0.1) is 37.1 Å². The quantitative estimate of drug-likeness (QED) is 0.626. The first-order valence-corrected chi connectivity index (χ1v) is 7.69. The summed E-state index contributed by atoms with van der Waals surface area (Å²) in [5.74, 6) is -5.31. The Morgan fingerprint density at radius 2 is 1.79 bits per heavy atom. The Morgan fingerprint density at radius 3 is 2.29 bits per heavy atom. The van der Waals surface area contributed by atoms with Crippen LogP contribution in [-0.2, 0) is 19.1 Å². The molecule has 3 heterocycles. The summed E-state index contributed by atoms with van der Waals surface area (Å²) in [7, 11) is 0. The van der Waals surface area contributed by atoms with Crippen molar-refractivity contribution in [2.24, 2.45) is 17.6 Å². The summed E-state index contributed by atoms with van der Waals surface area (Å²) in [5, 5.41) is 2.06. The van der Waals surface area contributed by atoms with Crippen molar-refractivity contribution in [3.05, 3.63) is 0 Å². The summed E-state index contributed by atoms with van der Waals surface area (Å²) < 4.78 is 31.5. The number of carbonyl (C=O) groups excluding carboxylic acids is 3. The van der Waals surface area contributed by atoms with Crippen LogP contribution >= 0.6 is 12.4 Å². The van der Waals surface area contributed by atoms with Crippen molar-refractivity contribution in [1.29, 1.82) is 0 Å². The third-order valence-corrected chi connectivity index (χ3v) is 4.78. The van der Waals surface area contributed by atoms with E-state index in [1.807, 2.05) is 0 Å². The third kappa shape index (κ3) is 3.25. The number of hydrogen-bond acceptors (Lipinski definition) is 5. The van der Waals surface area contributed by atoms with Gasteiger partial charge in [-0.2, -0.15) is 0 Å². The smallest absolute Gasteiger partial charge is 0.277 e. The minimum absolute atomic E-state index is 0. The number of rotatable bonds is 6. The number of carbonyl (C=O) groups is 3. The van der Waals surface area contributed by atoms with E-state index in [2.05, 4.69) is 5.32 Å². The van der Waals surface area contributed by atoms with Crippen LogP contribution in [0.4, 0.5) is 8.78 Å². The second kappa shape index (κ2) is 6.89. The van der Waals surface area contributed by atoms with Crippen LogP contribution in [0.15, 0.2) is 0 Å². The van der Waals surface area contributed by atoms with E-state index in [0.29, 0.717) is 0 Å². The molecule has 0 saturated carbocycles. The lowest BCUT2D eigenvalue weighted by atomic mass is 9.81. The Kier molecular flexibility index (Phi) is 5.46. The van der Waals surface area contributed by atoms with Gasteiger partial charge in [0, 0.05) is 13.0 Å². The molecule has 10 heteroatoms. The van der Waals surface area contributed by atoms with Crippen molar-refractivity contribution >= 4 is 30.1 Å². The van der Waals surface area contributed by atoms with Crippen molar-refractivity contribution in [2.75, 3.05) is 19.6 Å². The van der Waals surface area contributed by atoms with Gasteiger partial charge in [0.2, 0.25) is 17.7 Å². The SMILES string of the molecule is Cl.NCC(F)(F)CNC(=O)CCN1C(=O)C2C3CCC(O3)C2C1=O. The molecule has 0 aromatic rings. The molecule has 24 heavy (non-hydrogen) atoms. The fourth-order valence-corrected chi connectivity index (χ4v) is 3.60. The Hall–Kier alpha value is -1.32. The molecule has 0 aliphatic carbocycles. The fraction of sp³-hybridized carbons (Fsp3) is 0.786. The Balaban J connectivity index is 0.00000208. The maximum Gasteiger partial charge on any atom is 0.277 e. The predicted octanol–water partition coefficient (Wildman–Crippen LogP) is -0.329. The summed E-state index contributed by atoms with van der Waals surface area (Å²) in [4.78, 5) is 37.3. The normalized spacial score (nSPS) is 31.2. The summed E-state index contributed by atoms with van der Waals surface area (Å²) in [6.45, 7) is -1.81. The fourth-order valence-electron chi connectivity index (χ4n) is 3.60. The molecule has 3 saturated heterocycles. The molecule has 0 radical (unpaired) electrons. The van der Waals surface area contributed by atoms with Crippen LogP contribution in [-0.4, -0.2) is 60.4 Å². The summed E-state index contributed by atoms with van der Waals surface area (Å²) in [6, 6.07) is 0. The molecule has 136 valence electrons. The first-order chi connectivity index (χ1) is 10.8. The van der Waals surface area contributed by atoms with Crippen LogP contribution in [0, 0.1) is 11.8 Å². The molecule has 0 aromatic carbocycles. The number of halogens is 3. The molecule has 3 aliphatic rings. The number of fused-ring (bicyclic) bond motifs is 5. The van der Waals surface area contributed by atoms with Crippen molar-refractivity contribution in [1.82, 2.24) is 10.2 Å². The largest absolute Gasteiger partial charge is 0.373 e. The second-order valence-corrected chi connectivity index (χ2v) is 6.26. The number of nitrogens with zero attached hydrogens (tertiary/aromatic N) is 1. The lowest BCUT2D eigenvalue weighted by molar-refractivity contribution is -0.142. The highest BCUT2D eigenvalue weighted by Crippen LogP contribution is 2.48. The van der Waals surface area contributed by atoms with Gasteiger partial charge < -0.3 is 15.8 Å². The number of nitrogens with two attached hydrogens (primary N) is 1. The van der Waals surface area contributed by atoms with Crippen molar-refractivity contribution < 1.29 is 27.9 Å². The Morgan fingerprint density at radius 1 is 1.25 bits per heavy atom. The van der Waals surface area contributed by atoms with Gasteiger partial charge in [-0.1, -0.05) is 0 Å². The highest BCUT2D eigenvalue weighted by Gasteiger charge is 2.62. The third-order valence-electron chi connectivity index (χ3n) is 4.78. The zero-order chi connectivity index (χ0) is 16.8. The monoisotopic (exact) mass is 367 g/mol. The van der Waals surface area contributed by atoms with Gasteiger partial charge in [0.25, 0.3) is 5.92 Å². The molecular weight excluding hydrogens is 348 g/mol. The second-order valence-electron chi connectivity index (χ2n) is 6.26. The summed E-state index contributed by atoms with van der Waals surface area (Å²) in [6.07, 6.45) is 0.932. The van der Waals surface area contributed by atoms with Crippen molar-refractivity contribution in [2.45, 2.75) is 37.4 Å².